The fourth-order valence-electron chi connectivity index (χ4n) is 3.33. The highest BCUT2D eigenvalue weighted by Crippen LogP contribution is 2.81. The van der Waals surface area contributed by atoms with Crippen LogP contribution in [-0.4, -0.2) is 36.6 Å². The summed E-state index contributed by atoms with van der Waals surface area (Å²) in [5.41, 5.74) is 0.257. The van der Waals surface area contributed by atoms with E-state index in [1.807, 2.05) is 0 Å². The van der Waals surface area contributed by atoms with E-state index in [4.69, 9.17) is 18.5 Å². The van der Waals surface area contributed by atoms with Crippen LogP contribution in [0.15, 0.2) is 54.9 Å². The first-order chi connectivity index (χ1) is 15.9. The summed E-state index contributed by atoms with van der Waals surface area (Å²) in [7, 11) is -10.9. The molecule has 1 aliphatic heterocycles. The predicted octanol–water partition coefficient (Wildman–Crippen LogP) is 4.54. The van der Waals surface area contributed by atoms with Crippen molar-refractivity contribution in [2.45, 2.75) is 37.8 Å². The molecule has 1 aromatic carbocycles. The Morgan fingerprint density at radius 1 is 1.18 bits per heavy atom. The van der Waals surface area contributed by atoms with E-state index in [1.165, 1.54) is 41.1 Å². The van der Waals surface area contributed by atoms with Crippen molar-refractivity contribution in [2.24, 2.45) is 0 Å². The van der Waals surface area contributed by atoms with Gasteiger partial charge in [0.1, 0.15) is 11.4 Å². The molecule has 0 radical (unpaired) electrons. The lowest BCUT2D eigenvalue weighted by molar-refractivity contribution is -0.0461. The molecule has 1 saturated heterocycles. The monoisotopic (exact) mass is 514 g/mol. The Hall–Kier alpha value is -2.59. The van der Waals surface area contributed by atoms with Gasteiger partial charge >= 0.3 is 26.5 Å². The number of pyridine rings is 1. The van der Waals surface area contributed by atoms with Gasteiger partial charge in [-0.05, 0) is 32.0 Å². The summed E-state index contributed by atoms with van der Waals surface area (Å²) in [4.78, 5) is 37.0. The predicted molar refractivity (Wildman–Crippen MR) is 116 cm³/mol. The van der Waals surface area contributed by atoms with Crippen LogP contribution in [0.1, 0.15) is 31.4 Å². The zero-order valence-corrected chi connectivity index (χ0v) is 19.8. The molecular formula is C20H21FN2O9P2. The van der Waals surface area contributed by atoms with Gasteiger partial charge in [-0.2, -0.15) is 0 Å². The van der Waals surface area contributed by atoms with Crippen molar-refractivity contribution in [3.63, 3.8) is 0 Å². The van der Waals surface area contributed by atoms with Gasteiger partial charge in [0.2, 0.25) is 6.29 Å². The van der Waals surface area contributed by atoms with Crippen LogP contribution in [-0.2, 0) is 29.3 Å². The largest absolute Gasteiger partial charge is 0.514 e. The third kappa shape index (κ3) is 4.40. The third-order valence-corrected chi connectivity index (χ3v) is 9.46. The standard InChI is InChI=1S/C20H21FN2O9P2/c1-13(2)29-19(24)30-16-8-4-3-7-15(16)18-31-33(25,26)20(21,34(27,28)32-18)11-14-12-22-17-9-5-6-10-23(14)17/h3-10,12-13,18H,11H2,1-2H3,(H,25,26)(H,27,28). The number of aromatic nitrogens is 2. The fraction of sp³-hybridized carbons (Fsp3) is 0.300. The summed E-state index contributed by atoms with van der Waals surface area (Å²) in [5, 5.41) is -3.69. The number of nitrogens with zero attached hydrogens (tertiary/aromatic N) is 2. The minimum Gasteiger partial charge on any atom is -0.431 e. The number of alkyl halides is 1. The number of benzene rings is 1. The second-order valence-electron chi connectivity index (χ2n) is 7.71. The van der Waals surface area contributed by atoms with Gasteiger partial charge in [-0.15, -0.1) is 0 Å². The maximum Gasteiger partial charge on any atom is 0.514 e. The van der Waals surface area contributed by atoms with Crippen molar-refractivity contribution in [3.05, 3.63) is 66.1 Å². The summed E-state index contributed by atoms with van der Waals surface area (Å²) < 4.78 is 63.3. The number of carbonyl (C=O) groups excluding carboxylic acids is 1. The van der Waals surface area contributed by atoms with E-state index in [9.17, 15) is 23.7 Å². The maximum absolute atomic E-state index is 15.9. The Bertz CT molecular complexity index is 1300. The number of rotatable bonds is 5. The van der Waals surface area contributed by atoms with Crippen LogP contribution < -0.4 is 4.74 Å². The average molecular weight is 514 g/mol. The van der Waals surface area contributed by atoms with Gasteiger partial charge in [-0.1, -0.05) is 24.3 Å². The van der Waals surface area contributed by atoms with Gasteiger partial charge < -0.3 is 23.7 Å². The molecule has 0 aliphatic carbocycles. The van der Waals surface area contributed by atoms with Crippen molar-refractivity contribution in [3.8, 4) is 5.75 Å². The lowest BCUT2D eigenvalue weighted by Crippen LogP contribution is -2.34. The summed E-state index contributed by atoms with van der Waals surface area (Å²) in [6.45, 7) is 3.18. The minimum absolute atomic E-state index is 0.0486. The zero-order valence-electron chi connectivity index (χ0n) is 18.0. The molecule has 2 unspecified atom stereocenters. The van der Waals surface area contributed by atoms with Crippen LogP contribution in [0.4, 0.5) is 9.18 Å². The number of carbonyl (C=O) groups is 1. The fourth-order valence-corrected chi connectivity index (χ4v) is 6.84. The maximum atomic E-state index is 15.9. The topological polar surface area (TPSA) is 146 Å². The first-order valence-corrected chi connectivity index (χ1v) is 13.2. The van der Waals surface area contributed by atoms with Gasteiger partial charge in [0.05, 0.1) is 11.7 Å². The number of fused-ring (bicyclic) bond motifs is 1. The van der Waals surface area contributed by atoms with Gasteiger partial charge in [0.15, 0.2) is 0 Å². The first kappa shape index (κ1) is 24.5. The smallest absolute Gasteiger partial charge is 0.431 e. The highest BCUT2D eigenvalue weighted by Gasteiger charge is 2.69. The highest BCUT2D eigenvalue weighted by atomic mass is 31.2. The number of imidazole rings is 1. The normalized spacial score (nSPS) is 29.3. The molecule has 0 spiro atoms. The summed E-state index contributed by atoms with van der Waals surface area (Å²) in [5.74, 6) is -0.230. The van der Waals surface area contributed by atoms with Crippen LogP contribution >= 0.6 is 15.2 Å². The van der Waals surface area contributed by atoms with Crippen LogP contribution in [0.3, 0.4) is 0 Å². The Morgan fingerprint density at radius 3 is 2.50 bits per heavy atom. The van der Waals surface area contributed by atoms with Crippen molar-refractivity contribution in [1.82, 2.24) is 9.38 Å². The molecule has 11 nitrogen and oxygen atoms in total. The lowest BCUT2D eigenvalue weighted by Gasteiger charge is -2.39. The SMILES string of the molecule is CC(C)OC(=O)Oc1ccccc1C1OP(=O)(O)C(F)(Cc2cnc3ccccn23)P(=O)(O)O1. The molecule has 14 heteroatoms. The number of halogens is 1. The molecule has 0 saturated carbocycles. The number of ether oxygens (including phenoxy) is 2. The second kappa shape index (κ2) is 8.88. The quantitative estimate of drug-likeness (QED) is 0.283. The molecule has 2 N–H and O–H groups in total. The summed E-state index contributed by atoms with van der Waals surface area (Å²) in [6, 6.07) is 10.3. The molecule has 3 aromatic rings. The molecule has 4 rings (SSSR count). The molecule has 3 heterocycles. The Morgan fingerprint density at radius 2 is 1.82 bits per heavy atom. The molecule has 2 aromatic heterocycles. The van der Waals surface area contributed by atoms with Crippen molar-refractivity contribution >= 4 is 27.0 Å². The Balaban J connectivity index is 1.66. The van der Waals surface area contributed by atoms with Gasteiger partial charge in [-0.3, -0.25) is 18.2 Å². The second-order valence-corrected chi connectivity index (χ2v) is 12.0. The summed E-state index contributed by atoms with van der Waals surface area (Å²) in [6.07, 6.45) is -1.84. The molecule has 34 heavy (non-hydrogen) atoms. The van der Waals surface area contributed by atoms with E-state index in [-0.39, 0.29) is 17.0 Å². The van der Waals surface area contributed by atoms with Crippen molar-refractivity contribution in [2.75, 3.05) is 0 Å². The zero-order chi connectivity index (χ0) is 24.7. The highest BCUT2D eigenvalue weighted by molar-refractivity contribution is 7.73. The van der Waals surface area contributed by atoms with E-state index in [0.29, 0.717) is 5.65 Å². The van der Waals surface area contributed by atoms with Crippen LogP contribution in [0, 0.1) is 0 Å². The first-order valence-electron chi connectivity index (χ1n) is 10.0. The lowest BCUT2D eigenvalue weighted by atomic mass is 10.2. The molecule has 0 bridgehead atoms. The van der Waals surface area contributed by atoms with Crippen LogP contribution in [0.25, 0.3) is 5.65 Å². The van der Waals surface area contributed by atoms with E-state index >= 15 is 4.39 Å². The molecule has 1 aliphatic rings. The van der Waals surface area contributed by atoms with Gasteiger partial charge in [0.25, 0.3) is 0 Å². The van der Waals surface area contributed by atoms with Gasteiger partial charge in [-0.25, -0.2) is 14.2 Å². The van der Waals surface area contributed by atoms with Crippen molar-refractivity contribution < 1.29 is 46.6 Å². The van der Waals surface area contributed by atoms with E-state index in [2.05, 4.69) is 4.98 Å². The molecule has 182 valence electrons. The van der Waals surface area contributed by atoms with Crippen LogP contribution in [0.5, 0.6) is 5.75 Å². The van der Waals surface area contributed by atoms with Gasteiger partial charge in [0, 0.05) is 24.5 Å². The molecule has 1 fully saturated rings. The number of hydrogen-bond donors (Lipinski definition) is 2. The van der Waals surface area contributed by atoms with E-state index in [1.54, 1.807) is 32.0 Å². The van der Waals surface area contributed by atoms with Crippen molar-refractivity contribution in [1.29, 1.82) is 0 Å². The Kier molecular flexibility index (Phi) is 6.41. The summed E-state index contributed by atoms with van der Waals surface area (Å²) >= 11 is 0. The molecule has 0 amide bonds. The Labute approximate surface area is 193 Å². The van der Waals surface area contributed by atoms with E-state index < -0.39 is 45.3 Å². The molecular weight excluding hydrogens is 493 g/mol. The minimum atomic E-state index is -5.47. The van der Waals surface area contributed by atoms with Crippen LogP contribution in [0.2, 0.25) is 0 Å². The number of hydrogen-bond acceptors (Lipinski definition) is 8. The van der Waals surface area contributed by atoms with E-state index in [0.717, 1.165) is 0 Å². The number of para-hydroxylation sites is 1. The average Bonchev–Trinajstić information content (AvgIpc) is 3.14. The molecule has 2 atom stereocenters. The third-order valence-electron chi connectivity index (χ3n) is 4.94.